The van der Waals surface area contributed by atoms with Gasteiger partial charge in [0.15, 0.2) is 0 Å². The number of nitrogens with one attached hydrogen (secondary N) is 1. The number of thiazole rings is 1. The molecule has 0 aromatic carbocycles. The average molecular weight is 237 g/mol. The Bertz CT molecular complexity index is 353. The van der Waals surface area contributed by atoms with E-state index < -0.39 is 0 Å². The third-order valence-electron chi connectivity index (χ3n) is 3.53. The first-order valence-electron chi connectivity index (χ1n) is 6.20. The number of rotatable bonds is 4. The molecule has 1 unspecified atom stereocenters. The zero-order chi connectivity index (χ0) is 11.0. The van der Waals surface area contributed by atoms with E-state index in [4.69, 9.17) is 0 Å². The van der Waals surface area contributed by atoms with Crippen LogP contribution in [0.1, 0.15) is 30.0 Å². The van der Waals surface area contributed by atoms with Gasteiger partial charge in [0.2, 0.25) is 0 Å². The summed E-state index contributed by atoms with van der Waals surface area (Å²) in [5, 5.41) is 6.87. The molecular formula is C12H19N3S. The van der Waals surface area contributed by atoms with Gasteiger partial charge in [-0.1, -0.05) is 0 Å². The number of hydrogen-bond donors (Lipinski definition) is 1. The van der Waals surface area contributed by atoms with Crippen molar-refractivity contribution in [3.05, 3.63) is 16.1 Å². The first-order chi connectivity index (χ1) is 7.83. The third-order valence-corrected chi connectivity index (χ3v) is 4.35. The molecule has 1 aromatic rings. The summed E-state index contributed by atoms with van der Waals surface area (Å²) in [6.07, 6.45) is 4.08. The molecule has 1 aliphatic heterocycles. The van der Waals surface area contributed by atoms with Gasteiger partial charge in [-0.15, -0.1) is 11.3 Å². The Hall–Kier alpha value is -0.450. The molecule has 3 rings (SSSR count). The molecule has 1 atom stereocenters. The van der Waals surface area contributed by atoms with Crippen molar-refractivity contribution in [2.45, 2.75) is 44.8 Å². The molecule has 1 aliphatic carbocycles. The molecule has 2 aliphatic rings. The van der Waals surface area contributed by atoms with E-state index in [1.807, 2.05) is 0 Å². The average Bonchev–Trinajstić information content (AvgIpc) is 2.80. The second kappa shape index (κ2) is 4.43. The maximum atomic E-state index is 4.59. The lowest BCUT2D eigenvalue weighted by atomic mass is 10.2. The summed E-state index contributed by atoms with van der Waals surface area (Å²) in [4.78, 5) is 7.26. The van der Waals surface area contributed by atoms with Crippen LogP contribution in [0.15, 0.2) is 5.38 Å². The van der Waals surface area contributed by atoms with Crippen LogP contribution in [0.25, 0.3) is 0 Å². The van der Waals surface area contributed by atoms with Gasteiger partial charge in [-0.3, -0.25) is 4.90 Å². The van der Waals surface area contributed by atoms with E-state index in [2.05, 4.69) is 27.5 Å². The van der Waals surface area contributed by atoms with E-state index in [9.17, 15) is 0 Å². The van der Waals surface area contributed by atoms with Crippen LogP contribution in [0.5, 0.6) is 0 Å². The minimum Gasteiger partial charge on any atom is -0.315 e. The standard InChI is InChI=1S/C12H19N3S/c1-9-14-10(8-16-9)7-15(11-2-3-11)12-4-5-13-6-12/h8,11-13H,2-7H2,1H3. The van der Waals surface area contributed by atoms with Crippen molar-refractivity contribution in [1.29, 1.82) is 0 Å². The molecule has 4 heteroatoms. The molecule has 0 amide bonds. The van der Waals surface area contributed by atoms with E-state index in [1.54, 1.807) is 11.3 Å². The van der Waals surface area contributed by atoms with Gasteiger partial charge in [-0.05, 0) is 32.7 Å². The quantitative estimate of drug-likeness (QED) is 0.865. The van der Waals surface area contributed by atoms with Crippen LogP contribution in [0.2, 0.25) is 0 Å². The zero-order valence-corrected chi connectivity index (χ0v) is 10.6. The molecule has 1 saturated carbocycles. The molecule has 1 aromatic heterocycles. The normalized spacial score (nSPS) is 25.5. The highest BCUT2D eigenvalue weighted by Gasteiger charge is 2.35. The molecule has 1 N–H and O–H groups in total. The van der Waals surface area contributed by atoms with Crippen molar-refractivity contribution in [2.75, 3.05) is 13.1 Å². The second-order valence-electron chi connectivity index (χ2n) is 4.91. The van der Waals surface area contributed by atoms with Gasteiger partial charge in [-0.2, -0.15) is 0 Å². The number of hydrogen-bond acceptors (Lipinski definition) is 4. The van der Waals surface area contributed by atoms with Crippen LogP contribution in [0, 0.1) is 6.92 Å². The highest BCUT2D eigenvalue weighted by molar-refractivity contribution is 7.09. The van der Waals surface area contributed by atoms with Gasteiger partial charge in [0.1, 0.15) is 0 Å². The Labute approximate surface area is 101 Å². The summed E-state index contributed by atoms with van der Waals surface area (Å²) >= 11 is 1.77. The van der Waals surface area contributed by atoms with Gasteiger partial charge >= 0.3 is 0 Å². The Morgan fingerprint density at radius 2 is 2.31 bits per heavy atom. The number of aromatic nitrogens is 1. The fraction of sp³-hybridized carbons (Fsp3) is 0.750. The van der Waals surface area contributed by atoms with Crippen molar-refractivity contribution in [2.24, 2.45) is 0 Å². The maximum absolute atomic E-state index is 4.59. The molecule has 0 radical (unpaired) electrons. The van der Waals surface area contributed by atoms with Crippen molar-refractivity contribution < 1.29 is 0 Å². The maximum Gasteiger partial charge on any atom is 0.0897 e. The van der Waals surface area contributed by atoms with Crippen LogP contribution in [-0.4, -0.2) is 35.1 Å². The minimum atomic E-state index is 0.745. The van der Waals surface area contributed by atoms with Crippen molar-refractivity contribution in [3.8, 4) is 0 Å². The number of aryl methyl sites for hydroxylation is 1. The fourth-order valence-corrected chi connectivity index (χ4v) is 3.16. The van der Waals surface area contributed by atoms with Gasteiger partial charge in [0.25, 0.3) is 0 Å². The first-order valence-corrected chi connectivity index (χ1v) is 7.08. The van der Waals surface area contributed by atoms with E-state index in [0.717, 1.165) is 18.6 Å². The lowest BCUT2D eigenvalue weighted by Crippen LogP contribution is -2.38. The largest absolute Gasteiger partial charge is 0.315 e. The van der Waals surface area contributed by atoms with Gasteiger partial charge in [0.05, 0.1) is 10.7 Å². The fourth-order valence-electron chi connectivity index (χ4n) is 2.55. The molecule has 3 nitrogen and oxygen atoms in total. The predicted octanol–water partition coefficient (Wildman–Crippen LogP) is 1.78. The first kappa shape index (κ1) is 10.7. The summed E-state index contributed by atoms with van der Waals surface area (Å²) in [6, 6.07) is 1.58. The topological polar surface area (TPSA) is 28.2 Å². The molecule has 88 valence electrons. The Morgan fingerprint density at radius 3 is 2.88 bits per heavy atom. The van der Waals surface area contributed by atoms with Crippen LogP contribution in [0.3, 0.4) is 0 Å². The molecule has 0 spiro atoms. The summed E-state index contributed by atoms with van der Waals surface area (Å²) in [7, 11) is 0. The number of nitrogens with zero attached hydrogens (tertiary/aromatic N) is 2. The molecule has 1 saturated heterocycles. The van der Waals surface area contributed by atoms with Crippen LogP contribution in [0.4, 0.5) is 0 Å². The lowest BCUT2D eigenvalue weighted by Gasteiger charge is -2.27. The Balaban J connectivity index is 1.68. The highest BCUT2D eigenvalue weighted by Crippen LogP contribution is 2.31. The van der Waals surface area contributed by atoms with Gasteiger partial charge in [0, 0.05) is 30.6 Å². The second-order valence-corrected chi connectivity index (χ2v) is 5.97. The van der Waals surface area contributed by atoms with Crippen LogP contribution >= 0.6 is 11.3 Å². The summed E-state index contributed by atoms with van der Waals surface area (Å²) < 4.78 is 0. The minimum absolute atomic E-state index is 0.745. The predicted molar refractivity (Wildman–Crippen MR) is 66.7 cm³/mol. The SMILES string of the molecule is Cc1nc(CN(C2CC2)C2CCNC2)cs1. The molecule has 0 bridgehead atoms. The highest BCUT2D eigenvalue weighted by atomic mass is 32.1. The molecule has 2 heterocycles. The monoisotopic (exact) mass is 237 g/mol. The third kappa shape index (κ3) is 2.29. The van der Waals surface area contributed by atoms with Crippen molar-refractivity contribution >= 4 is 11.3 Å². The Kier molecular flexibility index (Phi) is 2.96. The van der Waals surface area contributed by atoms with E-state index in [-0.39, 0.29) is 0 Å². The lowest BCUT2D eigenvalue weighted by molar-refractivity contribution is 0.187. The van der Waals surface area contributed by atoms with Gasteiger partial charge < -0.3 is 5.32 Å². The summed E-state index contributed by atoms with van der Waals surface area (Å²) in [5.41, 5.74) is 1.27. The molecule has 2 fully saturated rings. The van der Waals surface area contributed by atoms with Crippen molar-refractivity contribution in [1.82, 2.24) is 15.2 Å². The molecule has 16 heavy (non-hydrogen) atoms. The van der Waals surface area contributed by atoms with E-state index >= 15 is 0 Å². The van der Waals surface area contributed by atoms with Crippen LogP contribution < -0.4 is 5.32 Å². The van der Waals surface area contributed by atoms with E-state index in [0.29, 0.717) is 0 Å². The van der Waals surface area contributed by atoms with Crippen LogP contribution in [-0.2, 0) is 6.54 Å². The van der Waals surface area contributed by atoms with Gasteiger partial charge in [-0.25, -0.2) is 4.98 Å². The summed E-state index contributed by atoms with van der Waals surface area (Å²) in [5.74, 6) is 0. The zero-order valence-electron chi connectivity index (χ0n) is 9.78. The Morgan fingerprint density at radius 1 is 1.44 bits per heavy atom. The van der Waals surface area contributed by atoms with E-state index in [1.165, 1.54) is 43.1 Å². The summed E-state index contributed by atoms with van der Waals surface area (Å²) in [6.45, 7) is 5.50. The van der Waals surface area contributed by atoms with Crippen molar-refractivity contribution in [3.63, 3.8) is 0 Å². The molecular weight excluding hydrogens is 218 g/mol. The smallest absolute Gasteiger partial charge is 0.0897 e.